The van der Waals surface area contributed by atoms with Gasteiger partial charge < -0.3 is 9.64 Å². The van der Waals surface area contributed by atoms with E-state index in [2.05, 4.69) is 15.3 Å². The lowest BCUT2D eigenvalue weighted by molar-refractivity contribution is 0.154. The molecule has 0 spiro atoms. The number of aromatic nitrogens is 2. The number of hydrogen-bond donors (Lipinski definition) is 1. The first-order valence-electron chi connectivity index (χ1n) is 11.3. The van der Waals surface area contributed by atoms with Crippen molar-refractivity contribution in [1.82, 2.24) is 14.7 Å². The Morgan fingerprint density at radius 3 is 2.60 bits per heavy atom. The lowest BCUT2D eigenvalue weighted by Gasteiger charge is -2.14. The lowest BCUT2D eigenvalue weighted by atomic mass is 10.1. The first-order valence-corrected chi connectivity index (χ1v) is 11.3. The van der Waals surface area contributed by atoms with Crippen molar-refractivity contribution in [3.63, 3.8) is 0 Å². The first kappa shape index (κ1) is 26.3. The largest absolute Gasteiger partial charge is 0.449 e. The van der Waals surface area contributed by atoms with Crippen molar-refractivity contribution in [2.45, 2.75) is 25.8 Å². The number of benzene rings is 2. The van der Waals surface area contributed by atoms with Crippen molar-refractivity contribution < 1.29 is 18.3 Å². The number of carbonyl (C=O) groups is 1. The van der Waals surface area contributed by atoms with Crippen LogP contribution in [0.5, 0.6) is 0 Å². The summed E-state index contributed by atoms with van der Waals surface area (Å²) in [5.74, 6) is -1.94. The van der Waals surface area contributed by atoms with Gasteiger partial charge in [0.25, 0.3) is 5.56 Å². The van der Waals surface area contributed by atoms with E-state index in [-0.39, 0.29) is 24.5 Å². The number of ether oxygens (including phenoxy) is 1. The number of halogens is 3. The van der Waals surface area contributed by atoms with Gasteiger partial charge in [-0.1, -0.05) is 12.1 Å². The van der Waals surface area contributed by atoms with E-state index < -0.39 is 17.7 Å². The van der Waals surface area contributed by atoms with Crippen LogP contribution in [0.2, 0.25) is 0 Å². The van der Waals surface area contributed by atoms with Crippen LogP contribution in [0.25, 0.3) is 11.3 Å². The van der Waals surface area contributed by atoms with E-state index >= 15 is 0 Å². The van der Waals surface area contributed by atoms with E-state index in [1.807, 2.05) is 0 Å². The number of likely N-dealkylation sites (tertiary alicyclic amines) is 1. The Labute approximate surface area is 208 Å². The zero-order chi connectivity index (χ0) is 23.9. The maximum Gasteiger partial charge on any atom is 0.411 e. The lowest BCUT2D eigenvalue weighted by Crippen LogP contribution is -2.23. The molecule has 1 saturated heterocycles. The molecule has 1 aromatic heterocycles. The predicted molar refractivity (Wildman–Crippen MR) is 132 cm³/mol. The molecule has 0 bridgehead atoms. The Balaban J connectivity index is 0.00000342. The summed E-state index contributed by atoms with van der Waals surface area (Å²) in [5.41, 5.74) is 1.61. The minimum atomic E-state index is -0.987. The molecule has 1 aliphatic rings. The molecule has 35 heavy (non-hydrogen) atoms. The van der Waals surface area contributed by atoms with Crippen molar-refractivity contribution in [3.8, 4) is 11.3 Å². The highest BCUT2D eigenvalue weighted by atomic mass is 35.5. The molecule has 0 aliphatic carbocycles. The molecule has 0 atom stereocenters. The summed E-state index contributed by atoms with van der Waals surface area (Å²) in [7, 11) is 0. The molecule has 10 heteroatoms. The van der Waals surface area contributed by atoms with E-state index in [0.717, 1.165) is 43.8 Å². The molecule has 3 aromatic rings. The van der Waals surface area contributed by atoms with Gasteiger partial charge >= 0.3 is 6.09 Å². The molecule has 1 amide bonds. The summed E-state index contributed by atoms with van der Waals surface area (Å²) in [4.78, 5) is 26.8. The van der Waals surface area contributed by atoms with E-state index in [1.54, 1.807) is 24.3 Å². The summed E-state index contributed by atoms with van der Waals surface area (Å²) in [6, 6.07) is 13.2. The second-order valence-electron chi connectivity index (χ2n) is 8.21. The molecule has 2 aromatic carbocycles. The van der Waals surface area contributed by atoms with Crippen LogP contribution in [0.3, 0.4) is 0 Å². The maximum absolute atomic E-state index is 13.6. The summed E-state index contributed by atoms with van der Waals surface area (Å²) in [5, 5.41) is 6.98. The average molecular weight is 505 g/mol. The molecule has 0 saturated carbocycles. The molecular weight excluding hydrogens is 478 g/mol. The number of nitrogens with zero attached hydrogens (tertiary/aromatic N) is 3. The first-order chi connectivity index (χ1) is 16.5. The molecule has 1 N–H and O–H groups in total. The summed E-state index contributed by atoms with van der Waals surface area (Å²) in [6.07, 6.45) is 2.72. The van der Waals surface area contributed by atoms with Gasteiger partial charge in [0.15, 0.2) is 11.6 Å². The third-order valence-corrected chi connectivity index (χ3v) is 5.64. The summed E-state index contributed by atoms with van der Waals surface area (Å²) < 4.78 is 33.3. The molecule has 0 radical (unpaired) electrons. The minimum Gasteiger partial charge on any atom is -0.449 e. The Morgan fingerprint density at radius 1 is 1.03 bits per heavy atom. The average Bonchev–Trinajstić information content (AvgIpc) is 3.34. The standard InChI is InChI=1S/C25H26F2N4O3.ClH/c26-21-8-7-19(16-22(21)27)23-9-10-24(32)31(29-23)17-18-5-3-6-20(15-18)28-25(33)34-14-4-13-30-11-1-2-12-30;/h3,5-10,15-16H,1-2,4,11-14,17H2,(H,28,33);1H. The number of anilines is 1. The van der Waals surface area contributed by atoms with Gasteiger partial charge in [-0.2, -0.15) is 5.10 Å². The van der Waals surface area contributed by atoms with Gasteiger partial charge in [-0.15, -0.1) is 12.4 Å². The van der Waals surface area contributed by atoms with E-state index in [4.69, 9.17) is 4.74 Å². The molecule has 0 unspecified atom stereocenters. The smallest absolute Gasteiger partial charge is 0.411 e. The number of amides is 1. The fourth-order valence-corrected chi connectivity index (χ4v) is 3.91. The number of carbonyl (C=O) groups excluding carboxylic acids is 1. The predicted octanol–water partition coefficient (Wildman–Crippen LogP) is 4.69. The molecule has 4 rings (SSSR count). The van der Waals surface area contributed by atoms with Gasteiger partial charge in [0.2, 0.25) is 0 Å². The van der Waals surface area contributed by atoms with Crippen LogP contribution in [0.4, 0.5) is 19.3 Å². The fraction of sp³-hybridized carbons (Fsp3) is 0.320. The van der Waals surface area contributed by atoms with Crippen molar-refractivity contribution in [3.05, 3.63) is 82.1 Å². The SMILES string of the molecule is Cl.O=C(Nc1cccc(Cn2nc(-c3ccc(F)c(F)c3)ccc2=O)c1)OCCCN1CCCC1. The Morgan fingerprint density at radius 2 is 1.83 bits per heavy atom. The van der Waals surface area contributed by atoms with Crippen molar-refractivity contribution >= 4 is 24.2 Å². The molecular formula is C25H27ClF2N4O3. The van der Waals surface area contributed by atoms with Crippen LogP contribution in [-0.4, -0.2) is 47.0 Å². The second-order valence-corrected chi connectivity index (χ2v) is 8.21. The van der Waals surface area contributed by atoms with E-state index in [1.165, 1.54) is 35.7 Å². The van der Waals surface area contributed by atoms with Crippen LogP contribution in [0.15, 0.2) is 59.4 Å². The molecule has 186 valence electrons. The quantitative estimate of drug-likeness (QED) is 0.450. The zero-order valence-corrected chi connectivity index (χ0v) is 19.9. The van der Waals surface area contributed by atoms with Crippen molar-refractivity contribution in [1.29, 1.82) is 0 Å². The second kappa shape index (κ2) is 12.4. The molecule has 7 nitrogen and oxygen atoms in total. The van der Waals surface area contributed by atoms with Gasteiger partial charge in [0.05, 0.1) is 18.8 Å². The highest BCUT2D eigenvalue weighted by molar-refractivity contribution is 5.85. The van der Waals surface area contributed by atoms with Gasteiger partial charge in [-0.05, 0) is 74.3 Å². The van der Waals surface area contributed by atoms with Gasteiger partial charge in [0.1, 0.15) is 0 Å². The Kier molecular flexibility index (Phi) is 9.33. The zero-order valence-electron chi connectivity index (χ0n) is 19.1. The van der Waals surface area contributed by atoms with Crippen LogP contribution >= 0.6 is 12.4 Å². The topological polar surface area (TPSA) is 76.5 Å². The Hall–Kier alpha value is -3.30. The Bertz CT molecular complexity index is 1220. The molecule has 1 fully saturated rings. The number of hydrogen-bond acceptors (Lipinski definition) is 5. The third-order valence-electron chi connectivity index (χ3n) is 5.64. The minimum absolute atomic E-state index is 0. The van der Waals surface area contributed by atoms with Crippen LogP contribution in [0, 0.1) is 11.6 Å². The van der Waals surface area contributed by atoms with Gasteiger partial charge in [0, 0.05) is 23.9 Å². The van der Waals surface area contributed by atoms with Crippen LogP contribution in [0.1, 0.15) is 24.8 Å². The van der Waals surface area contributed by atoms with Crippen molar-refractivity contribution in [2.75, 3.05) is 31.6 Å². The van der Waals surface area contributed by atoms with Crippen LogP contribution < -0.4 is 10.9 Å². The summed E-state index contributed by atoms with van der Waals surface area (Å²) >= 11 is 0. The highest BCUT2D eigenvalue weighted by Crippen LogP contribution is 2.19. The molecule has 2 heterocycles. The number of nitrogens with one attached hydrogen (secondary N) is 1. The fourth-order valence-electron chi connectivity index (χ4n) is 3.91. The van der Waals surface area contributed by atoms with E-state index in [0.29, 0.717) is 23.6 Å². The number of rotatable bonds is 8. The van der Waals surface area contributed by atoms with Crippen LogP contribution in [-0.2, 0) is 11.3 Å². The van der Waals surface area contributed by atoms with Crippen molar-refractivity contribution in [2.24, 2.45) is 0 Å². The van der Waals surface area contributed by atoms with Gasteiger partial charge in [-0.3, -0.25) is 10.1 Å². The summed E-state index contributed by atoms with van der Waals surface area (Å²) in [6.45, 7) is 3.63. The van der Waals surface area contributed by atoms with Gasteiger partial charge in [-0.25, -0.2) is 18.3 Å². The van der Waals surface area contributed by atoms with E-state index in [9.17, 15) is 18.4 Å². The molecule has 1 aliphatic heterocycles. The monoisotopic (exact) mass is 504 g/mol. The maximum atomic E-state index is 13.6. The highest BCUT2D eigenvalue weighted by Gasteiger charge is 2.12. The normalized spacial score (nSPS) is 13.3. The third kappa shape index (κ3) is 7.34.